The average molecular weight is 683 g/mol. The average Bonchev–Trinajstić information content (AvgIpc) is 3.30. The number of nitro groups is 1. The number of allylic oxidation sites excluding steroid dienone is 1. The molecular formula is C33H29Cl2N3O7S. The van der Waals surface area contributed by atoms with Crippen LogP contribution in [0.3, 0.4) is 0 Å². The molecule has 4 aromatic rings. The molecule has 0 unspecified atom stereocenters. The van der Waals surface area contributed by atoms with Crippen molar-refractivity contribution in [2.24, 2.45) is 4.99 Å². The Hall–Kier alpha value is -4.45. The third-order valence-corrected chi connectivity index (χ3v) is 8.43. The van der Waals surface area contributed by atoms with Crippen LogP contribution in [0.2, 0.25) is 10.0 Å². The number of benzene rings is 3. The van der Waals surface area contributed by atoms with Crippen molar-refractivity contribution in [3.05, 3.63) is 128 Å². The molecule has 3 aromatic carbocycles. The van der Waals surface area contributed by atoms with E-state index in [1.807, 2.05) is 32.0 Å². The first kappa shape index (κ1) is 32.9. The molecule has 0 bridgehead atoms. The fraction of sp³-hybridized carbons (Fsp3) is 0.242. The van der Waals surface area contributed by atoms with E-state index in [1.54, 1.807) is 44.2 Å². The van der Waals surface area contributed by atoms with Crippen molar-refractivity contribution in [1.29, 1.82) is 0 Å². The summed E-state index contributed by atoms with van der Waals surface area (Å²) in [5.74, 6) is 0.217. The van der Waals surface area contributed by atoms with E-state index in [4.69, 9.17) is 37.4 Å². The molecule has 238 valence electrons. The molecule has 0 fully saturated rings. The summed E-state index contributed by atoms with van der Waals surface area (Å²) in [5, 5.41) is 11.6. The summed E-state index contributed by atoms with van der Waals surface area (Å²) in [5.41, 5.74) is 1.94. The van der Waals surface area contributed by atoms with E-state index >= 15 is 0 Å². The Morgan fingerprint density at radius 3 is 2.54 bits per heavy atom. The monoisotopic (exact) mass is 681 g/mol. The molecule has 0 saturated heterocycles. The zero-order chi connectivity index (χ0) is 33.1. The Balaban J connectivity index is 1.64. The van der Waals surface area contributed by atoms with Crippen LogP contribution in [0.1, 0.15) is 50.4 Å². The quantitative estimate of drug-likeness (QED) is 0.108. The number of aromatic nitrogens is 1. The van der Waals surface area contributed by atoms with Gasteiger partial charge >= 0.3 is 5.97 Å². The maximum Gasteiger partial charge on any atom is 0.338 e. The van der Waals surface area contributed by atoms with Gasteiger partial charge in [-0.05, 0) is 69.7 Å². The summed E-state index contributed by atoms with van der Waals surface area (Å²) in [6.45, 7) is 7.42. The molecule has 5 rings (SSSR count). The largest absolute Gasteiger partial charge is 0.491 e. The van der Waals surface area contributed by atoms with Crippen molar-refractivity contribution in [2.75, 3.05) is 6.61 Å². The zero-order valence-electron chi connectivity index (χ0n) is 25.3. The van der Waals surface area contributed by atoms with E-state index in [0.717, 1.165) is 11.3 Å². The minimum atomic E-state index is -0.867. The van der Waals surface area contributed by atoms with Crippen LogP contribution < -0.4 is 24.4 Å². The van der Waals surface area contributed by atoms with Gasteiger partial charge in [0.25, 0.3) is 11.2 Å². The summed E-state index contributed by atoms with van der Waals surface area (Å²) in [6.07, 6.45) is 1.45. The van der Waals surface area contributed by atoms with Gasteiger partial charge in [-0.2, -0.15) is 0 Å². The van der Waals surface area contributed by atoms with Crippen molar-refractivity contribution in [3.63, 3.8) is 0 Å². The van der Waals surface area contributed by atoms with Gasteiger partial charge in [0.1, 0.15) is 24.1 Å². The molecule has 1 aromatic heterocycles. The van der Waals surface area contributed by atoms with E-state index < -0.39 is 22.5 Å². The maximum atomic E-state index is 14.2. The van der Waals surface area contributed by atoms with Crippen molar-refractivity contribution in [2.45, 2.75) is 46.4 Å². The number of hydrogen-bond donors (Lipinski definition) is 0. The zero-order valence-corrected chi connectivity index (χ0v) is 27.6. The fourth-order valence-corrected chi connectivity index (χ4v) is 6.61. The maximum absolute atomic E-state index is 14.2. The lowest BCUT2D eigenvalue weighted by Crippen LogP contribution is -2.40. The number of nitro benzene ring substituents is 1. The van der Waals surface area contributed by atoms with Crippen molar-refractivity contribution < 1.29 is 23.9 Å². The Morgan fingerprint density at radius 2 is 1.87 bits per heavy atom. The van der Waals surface area contributed by atoms with Crippen LogP contribution in [-0.2, 0) is 16.1 Å². The molecule has 10 nitrogen and oxygen atoms in total. The van der Waals surface area contributed by atoms with Crippen LogP contribution in [0.15, 0.2) is 81.7 Å². The Bertz CT molecular complexity index is 2040. The normalized spacial score (nSPS) is 14.6. The minimum absolute atomic E-state index is 0.0395. The standard InChI is InChI=1S/C33H29Cl2N3O7S/c1-5-43-32(40)28-19(4)36-33-37(29(28)24-8-6-7-9-26(24)45-18(2)3)31(39)27(46-33)15-21-14-22(34)16-25(35)30(21)44-17-20-10-12-23(13-11-20)38(41)42/h6-16,18,29H,5,17H2,1-4H3/b27-15-/t29-/m1/s1. The minimum Gasteiger partial charge on any atom is -0.491 e. The highest BCUT2D eigenvalue weighted by atomic mass is 35.5. The number of para-hydroxylation sites is 1. The second-order valence-corrected chi connectivity index (χ2v) is 12.4. The predicted molar refractivity (Wildman–Crippen MR) is 176 cm³/mol. The Kier molecular flexibility index (Phi) is 9.95. The number of hydrogen-bond acceptors (Lipinski definition) is 9. The van der Waals surface area contributed by atoms with Crippen LogP contribution >= 0.6 is 34.5 Å². The SMILES string of the molecule is CCOC(=O)C1=C(C)N=c2s/c(=C\c3cc(Cl)cc(Cl)c3OCc3ccc([N+](=O)[O-])cc3)c(=O)n2[C@@H]1c1ccccc1OC(C)C. The lowest BCUT2D eigenvalue weighted by atomic mass is 9.95. The second kappa shape index (κ2) is 13.9. The molecule has 46 heavy (non-hydrogen) atoms. The van der Waals surface area contributed by atoms with Crippen molar-refractivity contribution in [1.82, 2.24) is 4.57 Å². The number of nitrogens with zero attached hydrogens (tertiary/aromatic N) is 3. The highest BCUT2D eigenvalue weighted by molar-refractivity contribution is 7.07. The predicted octanol–water partition coefficient (Wildman–Crippen LogP) is 6.38. The first-order chi connectivity index (χ1) is 22.0. The van der Waals surface area contributed by atoms with E-state index in [9.17, 15) is 19.7 Å². The van der Waals surface area contributed by atoms with E-state index in [2.05, 4.69) is 4.99 Å². The highest BCUT2D eigenvalue weighted by Crippen LogP contribution is 2.37. The molecule has 1 aliphatic heterocycles. The smallest absolute Gasteiger partial charge is 0.338 e. The van der Waals surface area contributed by atoms with E-state index in [-0.39, 0.29) is 41.4 Å². The van der Waals surface area contributed by atoms with E-state index in [1.165, 1.54) is 22.8 Å². The molecule has 2 heterocycles. The first-order valence-corrected chi connectivity index (χ1v) is 15.9. The molecule has 0 amide bonds. The van der Waals surface area contributed by atoms with Crippen LogP contribution in [-0.4, -0.2) is 28.2 Å². The fourth-order valence-electron chi connectivity index (χ4n) is 5.00. The first-order valence-electron chi connectivity index (χ1n) is 14.3. The van der Waals surface area contributed by atoms with Crippen LogP contribution in [0, 0.1) is 10.1 Å². The van der Waals surface area contributed by atoms with Gasteiger partial charge in [0.2, 0.25) is 0 Å². The third kappa shape index (κ3) is 6.86. The number of carbonyl (C=O) groups is 1. The highest BCUT2D eigenvalue weighted by Gasteiger charge is 2.35. The van der Waals surface area contributed by atoms with Gasteiger partial charge in [0, 0.05) is 28.3 Å². The van der Waals surface area contributed by atoms with Crippen molar-refractivity contribution in [3.8, 4) is 11.5 Å². The molecule has 1 atom stereocenters. The Morgan fingerprint density at radius 1 is 1.15 bits per heavy atom. The summed E-state index contributed by atoms with van der Waals surface area (Å²) in [7, 11) is 0. The number of thiazole rings is 1. The lowest BCUT2D eigenvalue weighted by Gasteiger charge is -2.26. The Labute approximate surface area is 277 Å². The van der Waals surface area contributed by atoms with Crippen LogP contribution in [0.25, 0.3) is 6.08 Å². The number of non-ortho nitro benzene ring substituents is 1. The number of halogens is 2. The number of carbonyl (C=O) groups excluding carboxylic acids is 1. The second-order valence-electron chi connectivity index (χ2n) is 10.5. The van der Waals surface area contributed by atoms with E-state index in [0.29, 0.717) is 42.5 Å². The summed E-state index contributed by atoms with van der Waals surface area (Å²) >= 11 is 14.1. The molecule has 0 saturated carbocycles. The summed E-state index contributed by atoms with van der Waals surface area (Å²) in [4.78, 5) is 43.1. The molecule has 13 heteroatoms. The molecular weight excluding hydrogens is 653 g/mol. The molecule has 0 aliphatic carbocycles. The summed E-state index contributed by atoms with van der Waals surface area (Å²) in [6, 6.07) is 15.5. The van der Waals surface area contributed by atoms with Crippen LogP contribution in [0.5, 0.6) is 11.5 Å². The van der Waals surface area contributed by atoms with Gasteiger partial charge in [0.05, 0.1) is 38.5 Å². The number of fused-ring (bicyclic) bond motifs is 1. The lowest BCUT2D eigenvalue weighted by molar-refractivity contribution is -0.384. The van der Waals surface area contributed by atoms with Crippen molar-refractivity contribution >= 4 is 52.3 Å². The van der Waals surface area contributed by atoms with Gasteiger partial charge in [-0.25, -0.2) is 9.79 Å². The molecule has 0 N–H and O–H groups in total. The van der Waals surface area contributed by atoms with Gasteiger partial charge < -0.3 is 14.2 Å². The van der Waals surface area contributed by atoms with Crippen LogP contribution in [0.4, 0.5) is 5.69 Å². The molecule has 0 radical (unpaired) electrons. The molecule has 1 aliphatic rings. The number of esters is 1. The topological polar surface area (TPSA) is 122 Å². The third-order valence-electron chi connectivity index (χ3n) is 6.95. The number of rotatable bonds is 10. The molecule has 0 spiro atoms. The van der Waals surface area contributed by atoms with Gasteiger partial charge in [-0.3, -0.25) is 19.5 Å². The summed E-state index contributed by atoms with van der Waals surface area (Å²) < 4.78 is 19.3. The number of ether oxygens (including phenoxy) is 3. The van der Waals surface area contributed by atoms with Gasteiger partial charge in [-0.15, -0.1) is 0 Å². The van der Waals surface area contributed by atoms with Gasteiger partial charge in [0.15, 0.2) is 4.80 Å². The van der Waals surface area contributed by atoms with Gasteiger partial charge in [-0.1, -0.05) is 52.7 Å².